The molecule has 5 heteroatoms. The molecule has 0 heterocycles. The molecule has 17 heavy (non-hydrogen) atoms. The number of rotatable bonds is 4. The van der Waals surface area contributed by atoms with Crippen LogP contribution in [0, 0.1) is 11.8 Å². The lowest BCUT2D eigenvalue weighted by Gasteiger charge is -2.29. The van der Waals surface area contributed by atoms with Crippen LogP contribution in [0.5, 0.6) is 0 Å². The average molecular weight is 263 g/mol. The number of Topliss-reactive ketones (excluding diaryl/α,β-unsaturated/α-hetero) is 2. The van der Waals surface area contributed by atoms with Gasteiger partial charge in [0.25, 0.3) is 0 Å². The van der Waals surface area contributed by atoms with Crippen molar-refractivity contribution in [1.29, 1.82) is 0 Å². The Labute approximate surface area is 110 Å². The normalized spacial score (nSPS) is 25.3. The maximum atomic E-state index is 11.9. The molecule has 1 fully saturated rings. The summed E-state index contributed by atoms with van der Waals surface area (Å²) in [6, 6.07) is 0. The molecule has 0 spiro atoms. The highest BCUT2D eigenvalue weighted by Crippen LogP contribution is 2.24. The summed E-state index contributed by atoms with van der Waals surface area (Å²) in [5.74, 6) is -0.486. The third-order valence-electron chi connectivity index (χ3n) is 3.02. The van der Waals surface area contributed by atoms with Crippen molar-refractivity contribution in [3.05, 3.63) is 0 Å². The zero-order valence-corrected chi connectivity index (χ0v) is 11.9. The van der Waals surface area contributed by atoms with Crippen LogP contribution in [0.2, 0.25) is 0 Å². The Kier molecular flexibility index (Phi) is 6.90. The Morgan fingerprint density at radius 2 is 1.18 bits per heavy atom. The van der Waals surface area contributed by atoms with Crippen LogP contribution in [0.15, 0.2) is 0 Å². The number of halogens is 1. The van der Waals surface area contributed by atoms with Gasteiger partial charge < -0.3 is 9.80 Å². The van der Waals surface area contributed by atoms with Gasteiger partial charge in [-0.15, -0.1) is 12.4 Å². The van der Waals surface area contributed by atoms with Gasteiger partial charge in [0.1, 0.15) is 0 Å². The molecule has 0 aromatic carbocycles. The quantitative estimate of drug-likeness (QED) is 0.700. The largest absolute Gasteiger partial charge is 0.309 e. The highest BCUT2D eigenvalue weighted by Gasteiger charge is 2.36. The first-order chi connectivity index (χ1) is 7.41. The smallest absolute Gasteiger partial charge is 0.203 e. The fourth-order valence-electron chi connectivity index (χ4n) is 2.30. The van der Waals surface area contributed by atoms with Crippen LogP contribution in [-0.4, -0.2) is 62.6 Å². The van der Waals surface area contributed by atoms with Gasteiger partial charge in [-0.05, 0) is 41.0 Å². The Balaban J connectivity index is 0.00000256. The van der Waals surface area contributed by atoms with Crippen LogP contribution < -0.4 is 0 Å². The topological polar surface area (TPSA) is 40.6 Å². The van der Waals surface area contributed by atoms with E-state index < -0.39 is 0 Å². The van der Waals surface area contributed by atoms with Crippen LogP contribution in [0.25, 0.3) is 0 Å². The molecule has 1 aliphatic rings. The van der Waals surface area contributed by atoms with Crippen molar-refractivity contribution in [3.8, 4) is 0 Å². The number of ketones is 2. The number of carbonyl (C=O) groups is 2. The Bertz CT molecular complexity index is 252. The molecule has 0 radical (unpaired) electrons. The van der Waals surface area contributed by atoms with E-state index in [1.807, 2.05) is 38.0 Å². The van der Waals surface area contributed by atoms with Gasteiger partial charge in [-0.25, -0.2) is 0 Å². The number of carbonyl (C=O) groups excluding carboxylic acids is 2. The molecule has 1 rings (SSSR count). The number of hydrogen-bond donors (Lipinski definition) is 0. The Morgan fingerprint density at radius 3 is 1.41 bits per heavy atom. The molecule has 100 valence electrons. The maximum Gasteiger partial charge on any atom is 0.203 e. The van der Waals surface area contributed by atoms with Crippen molar-refractivity contribution in [2.45, 2.75) is 12.8 Å². The zero-order valence-electron chi connectivity index (χ0n) is 11.1. The van der Waals surface area contributed by atoms with E-state index in [4.69, 9.17) is 0 Å². The van der Waals surface area contributed by atoms with E-state index >= 15 is 0 Å². The lowest BCUT2D eigenvalue weighted by molar-refractivity contribution is -0.144. The molecule has 2 atom stereocenters. The lowest BCUT2D eigenvalue weighted by atomic mass is 9.79. The van der Waals surface area contributed by atoms with E-state index in [9.17, 15) is 9.59 Å². The molecule has 0 saturated heterocycles. The van der Waals surface area contributed by atoms with Crippen molar-refractivity contribution in [2.24, 2.45) is 11.8 Å². The first-order valence-corrected chi connectivity index (χ1v) is 5.79. The molecular formula is C12H23ClN2O2. The summed E-state index contributed by atoms with van der Waals surface area (Å²) < 4.78 is 0. The van der Waals surface area contributed by atoms with Gasteiger partial charge in [0.2, 0.25) is 11.6 Å². The molecule has 2 unspecified atom stereocenters. The Morgan fingerprint density at radius 1 is 0.882 bits per heavy atom. The maximum absolute atomic E-state index is 11.9. The average Bonchev–Trinajstić information content (AvgIpc) is 2.16. The zero-order chi connectivity index (χ0) is 12.3. The van der Waals surface area contributed by atoms with Crippen LogP contribution in [-0.2, 0) is 9.59 Å². The van der Waals surface area contributed by atoms with Crippen molar-refractivity contribution < 1.29 is 9.59 Å². The first kappa shape index (κ1) is 16.6. The summed E-state index contributed by atoms with van der Waals surface area (Å²) in [7, 11) is 7.74. The molecule has 0 aromatic rings. The number of nitrogens with zero attached hydrogens (tertiary/aromatic N) is 2. The van der Waals surface area contributed by atoms with E-state index in [2.05, 4.69) is 0 Å². The standard InChI is InChI=1S/C12H22N2O2.ClH/c1-13(2)7-9-5-6-10(8-14(3)4)12(16)11(9)15;/h9-10H,5-8H2,1-4H3;1H. The van der Waals surface area contributed by atoms with E-state index in [0.29, 0.717) is 13.1 Å². The monoisotopic (exact) mass is 262 g/mol. The van der Waals surface area contributed by atoms with Gasteiger partial charge in [0.15, 0.2) is 0 Å². The highest BCUT2D eigenvalue weighted by atomic mass is 35.5. The van der Waals surface area contributed by atoms with Gasteiger partial charge in [0.05, 0.1) is 0 Å². The summed E-state index contributed by atoms with van der Waals surface area (Å²) in [6.45, 7) is 1.39. The molecular weight excluding hydrogens is 240 g/mol. The van der Waals surface area contributed by atoms with Gasteiger partial charge >= 0.3 is 0 Å². The fraction of sp³-hybridized carbons (Fsp3) is 0.833. The van der Waals surface area contributed by atoms with E-state index in [1.54, 1.807) is 0 Å². The second kappa shape index (κ2) is 7.09. The molecule has 1 aliphatic carbocycles. The summed E-state index contributed by atoms with van der Waals surface area (Å²) in [4.78, 5) is 27.7. The second-order valence-electron chi connectivity index (χ2n) is 5.22. The van der Waals surface area contributed by atoms with Crippen LogP contribution >= 0.6 is 12.4 Å². The third-order valence-corrected chi connectivity index (χ3v) is 3.02. The molecule has 0 amide bonds. The molecule has 0 aromatic heterocycles. The van der Waals surface area contributed by atoms with Crippen molar-refractivity contribution >= 4 is 24.0 Å². The Hall–Kier alpha value is -0.450. The van der Waals surface area contributed by atoms with Crippen molar-refractivity contribution in [1.82, 2.24) is 9.80 Å². The predicted octanol–water partition coefficient (Wildman–Crippen LogP) is 0.696. The van der Waals surface area contributed by atoms with Gasteiger partial charge in [0, 0.05) is 24.9 Å². The van der Waals surface area contributed by atoms with Gasteiger partial charge in [-0.3, -0.25) is 9.59 Å². The predicted molar refractivity (Wildman–Crippen MR) is 70.6 cm³/mol. The third kappa shape index (κ3) is 4.74. The van der Waals surface area contributed by atoms with Crippen LogP contribution in [0.3, 0.4) is 0 Å². The van der Waals surface area contributed by atoms with Gasteiger partial charge in [-0.2, -0.15) is 0 Å². The van der Waals surface area contributed by atoms with Crippen molar-refractivity contribution in [3.63, 3.8) is 0 Å². The molecule has 0 aliphatic heterocycles. The fourth-order valence-corrected chi connectivity index (χ4v) is 2.30. The summed E-state index contributed by atoms with van der Waals surface area (Å²) in [5, 5.41) is 0. The minimum Gasteiger partial charge on any atom is -0.309 e. The molecule has 4 nitrogen and oxygen atoms in total. The SMILES string of the molecule is CN(C)CC1CCC(CN(C)C)C(=O)C1=O.Cl. The van der Waals surface area contributed by atoms with E-state index in [0.717, 1.165) is 12.8 Å². The van der Waals surface area contributed by atoms with Crippen molar-refractivity contribution in [2.75, 3.05) is 41.3 Å². The molecule has 0 N–H and O–H groups in total. The summed E-state index contributed by atoms with van der Waals surface area (Å²) >= 11 is 0. The van der Waals surface area contributed by atoms with Crippen LogP contribution in [0.1, 0.15) is 12.8 Å². The highest BCUT2D eigenvalue weighted by molar-refractivity contribution is 6.39. The van der Waals surface area contributed by atoms with Crippen LogP contribution in [0.4, 0.5) is 0 Å². The molecule has 0 bridgehead atoms. The molecule has 1 saturated carbocycles. The van der Waals surface area contributed by atoms with Gasteiger partial charge in [-0.1, -0.05) is 0 Å². The second-order valence-corrected chi connectivity index (χ2v) is 5.22. The van der Waals surface area contributed by atoms with E-state index in [-0.39, 0.29) is 35.8 Å². The summed E-state index contributed by atoms with van der Waals surface area (Å²) in [5.41, 5.74) is 0. The number of hydrogen-bond acceptors (Lipinski definition) is 4. The summed E-state index contributed by atoms with van der Waals surface area (Å²) in [6.07, 6.45) is 1.70. The minimum atomic E-state index is -0.160. The minimum absolute atomic E-state index is 0. The first-order valence-electron chi connectivity index (χ1n) is 5.79. The van der Waals surface area contributed by atoms with E-state index in [1.165, 1.54) is 0 Å². The lowest BCUT2D eigenvalue weighted by Crippen LogP contribution is -2.43.